The Morgan fingerprint density at radius 2 is 2.05 bits per heavy atom. The lowest BCUT2D eigenvalue weighted by Crippen LogP contribution is -2.48. The van der Waals surface area contributed by atoms with Crippen LogP contribution in [0.3, 0.4) is 0 Å². The molecule has 0 bridgehead atoms. The molecule has 5 nitrogen and oxygen atoms in total. The Labute approximate surface area is 135 Å². The second-order valence-electron chi connectivity index (χ2n) is 5.61. The van der Waals surface area contributed by atoms with Gasteiger partial charge in [-0.15, -0.1) is 11.3 Å². The summed E-state index contributed by atoms with van der Waals surface area (Å²) in [4.78, 5) is 28.3. The summed E-state index contributed by atoms with van der Waals surface area (Å²) < 4.78 is 0. The average Bonchev–Trinajstić information content (AvgIpc) is 3.00. The van der Waals surface area contributed by atoms with Gasteiger partial charge < -0.3 is 10.0 Å². The standard InChI is InChI=1S/C16H24N2O3S/c1-3-12-7-10-22-15(12)16(21)18-8-5-13(6-9-18)17(4-2)11-14(19)20/h7,10,13H,3-6,8-9,11H2,1-2H3,(H,19,20). The van der Waals surface area contributed by atoms with Crippen molar-refractivity contribution in [2.45, 2.75) is 39.2 Å². The highest BCUT2D eigenvalue weighted by Crippen LogP contribution is 2.23. The van der Waals surface area contributed by atoms with Crippen molar-refractivity contribution in [1.82, 2.24) is 9.80 Å². The molecule has 0 aromatic carbocycles. The highest BCUT2D eigenvalue weighted by atomic mass is 32.1. The first-order valence-corrected chi connectivity index (χ1v) is 8.76. The predicted molar refractivity (Wildman–Crippen MR) is 87.5 cm³/mol. The molecule has 0 saturated carbocycles. The van der Waals surface area contributed by atoms with E-state index in [-0.39, 0.29) is 18.5 Å². The van der Waals surface area contributed by atoms with E-state index < -0.39 is 5.97 Å². The molecule has 1 N–H and O–H groups in total. The fourth-order valence-corrected chi connectivity index (χ4v) is 4.01. The summed E-state index contributed by atoms with van der Waals surface area (Å²) in [6.45, 7) is 6.28. The van der Waals surface area contributed by atoms with Crippen LogP contribution in [0.2, 0.25) is 0 Å². The number of carbonyl (C=O) groups excluding carboxylic acids is 1. The molecule has 1 fully saturated rings. The van der Waals surface area contributed by atoms with Crippen LogP contribution in [-0.2, 0) is 11.2 Å². The number of nitrogens with zero attached hydrogens (tertiary/aromatic N) is 2. The Morgan fingerprint density at radius 3 is 2.59 bits per heavy atom. The topological polar surface area (TPSA) is 60.9 Å². The Hall–Kier alpha value is -1.40. The molecule has 22 heavy (non-hydrogen) atoms. The molecule has 122 valence electrons. The number of amides is 1. The molecule has 1 aromatic heterocycles. The quantitative estimate of drug-likeness (QED) is 0.872. The zero-order valence-corrected chi connectivity index (χ0v) is 14.1. The number of likely N-dealkylation sites (tertiary alicyclic amines) is 1. The first-order chi connectivity index (χ1) is 10.6. The second-order valence-corrected chi connectivity index (χ2v) is 6.52. The Bertz CT molecular complexity index is 521. The van der Waals surface area contributed by atoms with Gasteiger partial charge in [-0.3, -0.25) is 14.5 Å². The van der Waals surface area contributed by atoms with Gasteiger partial charge in [0.2, 0.25) is 0 Å². The zero-order chi connectivity index (χ0) is 16.1. The van der Waals surface area contributed by atoms with Crippen molar-refractivity contribution in [2.24, 2.45) is 0 Å². The molecule has 0 spiro atoms. The van der Waals surface area contributed by atoms with E-state index >= 15 is 0 Å². The van der Waals surface area contributed by atoms with Crippen LogP contribution in [0.5, 0.6) is 0 Å². The minimum absolute atomic E-state index is 0.0834. The van der Waals surface area contributed by atoms with Gasteiger partial charge in [0.25, 0.3) is 5.91 Å². The first kappa shape index (κ1) is 17.0. The van der Waals surface area contributed by atoms with Crippen LogP contribution in [0.4, 0.5) is 0 Å². The smallest absolute Gasteiger partial charge is 0.317 e. The number of likely N-dealkylation sites (N-methyl/N-ethyl adjacent to an activating group) is 1. The number of hydrogen-bond acceptors (Lipinski definition) is 4. The van der Waals surface area contributed by atoms with Crippen LogP contribution in [0.1, 0.15) is 41.9 Å². The van der Waals surface area contributed by atoms with E-state index in [1.54, 1.807) is 0 Å². The van der Waals surface area contributed by atoms with Crippen molar-refractivity contribution in [1.29, 1.82) is 0 Å². The molecular weight excluding hydrogens is 300 g/mol. The number of carboxylic acid groups (broad SMARTS) is 1. The molecule has 2 rings (SSSR count). The van der Waals surface area contributed by atoms with Gasteiger partial charge in [0.05, 0.1) is 11.4 Å². The van der Waals surface area contributed by atoms with Crippen molar-refractivity contribution in [3.05, 3.63) is 21.9 Å². The molecule has 1 amide bonds. The van der Waals surface area contributed by atoms with Crippen molar-refractivity contribution in [3.63, 3.8) is 0 Å². The summed E-state index contributed by atoms with van der Waals surface area (Å²) in [7, 11) is 0. The predicted octanol–water partition coefficient (Wildman–Crippen LogP) is 2.32. The lowest BCUT2D eigenvalue weighted by molar-refractivity contribution is -0.139. The number of hydrogen-bond donors (Lipinski definition) is 1. The second kappa shape index (κ2) is 7.74. The third-order valence-electron chi connectivity index (χ3n) is 4.33. The Balaban J connectivity index is 1.94. The average molecular weight is 324 g/mol. The number of carbonyl (C=O) groups is 2. The molecule has 6 heteroatoms. The van der Waals surface area contributed by atoms with Gasteiger partial charge in [-0.2, -0.15) is 0 Å². The third kappa shape index (κ3) is 3.87. The fourth-order valence-electron chi connectivity index (χ4n) is 3.05. The number of piperidine rings is 1. The Kier molecular flexibility index (Phi) is 5.97. The highest BCUT2D eigenvalue weighted by molar-refractivity contribution is 7.12. The summed E-state index contributed by atoms with van der Waals surface area (Å²) in [5.74, 6) is -0.655. The van der Waals surface area contributed by atoms with E-state index in [1.807, 2.05) is 28.2 Å². The van der Waals surface area contributed by atoms with Crippen LogP contribution in [0.15, 0.2) is 11.4 Å². The summed E-state index contributed by atoms with van der Waals surface area (Å²) >= 11 is 1.52. The van der Waals surface area contributed by atoms with Crippen molar-refractivity contribution < 1.29 is 14.7 Å². The van der Waals surface area contributed by atoms with Gasteiger partial charge in [0, 0.05) is 19.1 Å². The summed E-state index contributed by atoms with van der Waals surface area (Å²) in [6.07, 6.45) is 2.57. The third-order valence-corrected chi connectivity index (χ3v) is 5.28. The highest BCUT2D eigenvalue weighted by Gasteiger charge is 2.28. The minimum atomic E-state index is -0.786. The summed E-state index contributed by atoms with van der Waals surface area (Å²) in [6, 6.07) is 2.29. The molecule has 1 saturated heterocycles. The van der Waals surface area contributed by atoms with E-state index in [2.05, 4.69) is 6.92 Å². The molecule has 0 unspecified atom stereocenters. The minimum Gasteiger partial charge on any atom is -0.480 e. The van der Waals surface area contributed by atoms with E-state index in [1.165, 1.54) is 11.3 Å². The van der Waals surface area contributed by atoms with E-state index in [9.17, 15) is 9.59 Å². The van der Waals surface area contributed by atoms with Crippen LogP contribution in [0.25, 0.3) is 0 Å². The first-order valence-electron chi connectivity index (χ1n) is 7.88. The normalized spacial score (nSPS) is 16.2. The lowest BCUT2D eigenvalue weighted by atomic mass is 10.0. The van der Waals surface area contributed by atoms with Crippen LogP contribution in [0, 0.1) is 0 Å². The van der Waals surface area contributed by atoms with Crippen molar-refractivity contribution in [2.75, 3.05) is 26.2 Å². The SMILES string of the molecule is CCc1ccsc1C(=O)N1CCC(N(CC)CC(=O)O)CC1. The largest absolute Gasteiger partial charge is 0.480 e. The van der Waals surface area contributed by atoms with Gasteiger partial charge >= 0.3 is 5.97 Å². The van der Waals surface area contributed by atoms with Crippen molar-refractivity contribution >= 4 is 23.2 Å². The molecule has 0 atom stereocenters. The van der Waals surface area contributed by atoms with Gasteiger partial charge in [0.1, 0.15) is 0 Å². The number of aryl methyl sites for hydroxylation is 1. The molecule has 0 radical (unpaired) electrons. The molecule has 1 aliphatic heterocycles. The van der Waals surface area contributed by atoms with E-state index in [0.29, 0.717) is 13.1 Å². The maximum absolute atomic E-state index is 12.6. The lowest BCUT2D eigenvalue weighted by Gasteiger charge is -2.37. The number of carboxylic acids is 1. The van der Waals surface area contributed by atoms with Gasteiger partial charge in [-0.05, 0) is 42.8 Å². The maximum atomic E-state index is 12.6. The molecule has 0 aliphatic carbocycles. The fraction of sp³-hybridized carbons (Fsp3) is 0.625. The summed E-state index contributed by atoms with van der Waals surface area (Å²) in [5, 5.41) is 10.9. The number of aliphatic carboxylic acids is 1. The van der Waals surface area contributed by atoms with Crippen LogP contribution >= 0.6 is 11.3 Å². The summed E-state index contributed by atoms with van der Waals surface area (Å²) in [5.41, 5.74) is 1.12. The van der Waals surface area contributed by atoms with Crippen LogP contribution < -0.4 is 0 Å². The van der Waals surface area contributed by atoms with E-state index in [4.69, 9.17) is 5.11 Å². The van der Waals surface area contributed by atoms with Gasteiger partial charge in [-0.1, -0.05) is 13.8 Å². The molecule has 1 aliphatic rings. The van der Waals surface area contributed by atoms with Crippen molar-refractivity contribution in [3.8, 4) is 0 Å². The van der Waals surface area contributed by atoms with Gasteiger partial charge in [-0.25, -0.2) is 0 Å². The molecule has 2 heterocycles. The monoisotopic (exact) mass is 324 g/mol. The Morgan fingerprint density at radius 1 is 1.36 bits per heavy atom. The molecular formula is C16H24N2O3S. The molecule has 1 aromatic rings. The van der Waals surface area contributed by atoms with Crippen LogP contribution in [-0.4, -0.2) is 59.0 Å². The maximum Gasteiger partial charge on any atom is 0.317 e. The number of thiophene rings is 1. The van der Waals surface area contributed by atoms with Gasteiger partial charge in [0.15, 0.2) is 0 Å². The zero-order valence-electron chi connectivity index (χ0n) is 13.2. The number of rotatable bonds is 6. The van der Waals surface area contributed by atoms with E-state index in [0.717, 1.165) is 36.2 Å².